The molecule has 2 saturated carbocycles. The van der Waals surface area contributed by atoms with E-state index in [0.29, 0.717) is 50.9 Å². The number of amides is 2. The Morgan fingerprint density at radius 2 is 1.68 bits per heavy atom. The van der Waals surface area contributed by atoms with Crippen LogP contribution < -0.4 is 0 Å². The monoisotopic (exact) mass is 344 g/mol. The van der Waals surface area contributed by atoms with Gasteiger partial charge in [-0.2, -0.15) is 0 Å². The minimum Gasteiger partial charge on any atom is -0.466 e. The fraction of sp³-hybridized carbons (Fsp3) is 0.700. The van der Waals surface area contributed by atoms with Gasteiger partial charge in [0.1, 0.15) is 11.5 Å². The first-order valence-corrected chi connectivity index (χ1v) is 9.68. The summed E-state index contributed by atoms with van der Waals surface area (Å²) >= 11 is 0. The molecule has 0 N–H and O–H groups in total. The van der Waals surface area contributed by atoms with Gasteiger partial charge >= 0.3 is 0 Å². The first kappa shape index (κ1) is 16.7. The topological polar surface area (TPSA) is 53.8 Å². The average Bonchev–Trinajstić information content (AvgIpc) is 3.48. The molecule has 0 radical (unpaired) electrons. The lowest BCUT2D eigenvalue weighted by atomic mass is 10.2. The predicted octanol–water partition coefficient (Wildman–Crippen LogP) is 2.66. The van der Waals surface area contributed by atoms with Crippen molar-refractivity contribution < 1.29 is 14.0 Å². The molecule has 4 atom stereocenters. The van der Waals surface area contributed by atoms with E-state index in [4.69, 9.17) is 4.42 Å². The van der Waals surface area contributed by atoms with Crippen molar-refractivity contribution in [3.05, 3.63) is 23.7 Å². The van der Waals surface area contributed by atoms with E-state index in [1.165, 1.54) is 6.42 Å². The number of carbonyl (C=O) groups excluding carboxylic acids is 2. The Morgan fingerprint density at radius 1 is 1.04 bits per heavy atom. The van der Waals surface area contributed by atoms with Gasteiger partial charge in [0, 0.05) is 50.9 Å². The summed E-state index contributed by atoms with van der Waals surface area (Å²) in [6.07, 6.45) is 3.40. The maximum absolute atomic E-state index is 12.4. The number of piperazine rings is 1. The third-order valence-corrected chi connectivity index (χ3v) is 6.11. The molecule has 1 aromatic heterocycles. The molecule has 1 aliphatic heterocycles. The maximum atomic E-state index is 12.4. The molecule has 0 bridgehead atoms. The number of furan rings is 1. The summed E-state index contributed by atoms with van der Waals surface area (Å²) in [6, 6.07) is 4.08. The lowest BCUT2D eigenvalue weighted by Gasteiger charge is -2.35. The first-order chi connectivity index (χ1) is 12.0. The van der Waals surface area contributed by atoms with E-state index in [1.807, 2.05) is 15.9 Å². The molecule has 3 aliphatic rings. The molecule has 5 nitrogen and oxygen atoms in total. The van der Waals surface area contributed by atoms with E-state index < -0.39 is 0 Å². The van der Waals surface area contributed by atoms with Crippen molar-refractivity contribution in [2.75, 3.05) is 26.2 Å². The second-order valence-corrected chi connectivity index (χ2v) is 8.15. The van der Waals surface area contributed by atoms with Crippen molar-refractivity contribution in [2.45, 2.75) is 45.4 Å². The molecule has 1 saturated heterocycles. The summed E-state index contributed by atoms with van der Waals surface area (Å²) in [7, 11) is 0. The number of hydrogen-bond acceptors (Lipinski definition) is 3. The van der Waals surface area contributed by atoms with Crippen LogP contribution in [0.2, 0.25) is 0 Å². The predicted molar refractivity (Wildman–Crippen MR) is 94.0 cm³/mol. The fourth-order valence-corrected chi connectivity index (χ4v) is 3.91. The Kier molecular flexibility index (Phi) is 4.34. The Balaban J connectivity index is 1.21. The van der Waals surface area contributed by atoms with Crippen LogP contribution in [0.5, 0.6) is 0 Å². The molecule has 136 valence electrons. The highest BCUT2D eigenvalue weighted by molar-refractivity contribution is 5.82. The van der Waals surface area contributed by atoms with Crippen molar-refractivity contribution in [1.82, 2.24) is 9.80 Å². The van der Waals surface area contributed by atoms with Gasteiger partial charge in [0.2, 0.25) is 11.8 Å². The summed E-state index contributed by atoms with van der Waals surface area (Å²) < 4.78 is 5.88. The van der Waals surface area contributed by atoms with Crippen LogP contribution in [0, 0.1) is 17.8 Å². The van der Waals surface area contributed by atoms with E-state index in [2.05, 4.69) is 19.9 Å². The van der Waals surface area contributed by atoms with Crippen molar-refractivity contribution in [3.63, 3.8) is 0 Å². The molecule has 3 fully saturated rings. The Hall–Kier alpha value is -1.78. The molecule has 25 heavy (non-hydrogen) atoms. The molecule has 5 heteroatoms. The molecule has 0 aromatic carbocycles. The second-order valence-electron chi connectivity index (χ2n) is 8.15. The molecule has 2 heterocycles. The highest BCUT2D eigenvalue weighted by Crippen LogP contribution is 2.47. The second kappa shape index (κ2) is 6.50. The van der Waals surface area contributed by atoms with Gasteiger partial charge in [0.15, 0.2) is 0 Å². The molecule has 1 aromatic rings. The van der Waals surface area contributed by atoms with Crippen LogP contribution in [0.15, 0.2) is 16.5 Å². The zero-order valence-corrected chi connectivity index (χ0v) is 15.2. The molecule has 0 unspecified atom stereocenters. The number of hydrogen-bond donors (Lipinski definition) is 0. The summed E-state index contributed by atoms with van der Waals surface area (Å²) in [6.45, 7) is 7.05. The molecule has 2 aliphatic carbocycles. The maximum Gasteiger partial charge on any atom is 0.226 e. The molecule has 0 spiro atoms. The van der Waals surface area contributed by atoms with Crippen LogP contribution in [0.1, 0.15) is 50.5 Å². The standard InChI is InChI=1S/C20H28N2O3/c1-13-11-16(13)18-5-3-15(25-18)4-6-19(23)21-7-9-22(10-8-21)20(24)17-12-14(17)2/h3,5,13-14,16-17H,4,6-12H2,1-2H3/t13-,14-,16-,17+/m1/s1. The number of aryl methyl sites for hydroxylation is 1. The lowest BCUT2D eigenvalue weighted by Crippen LogP contribution is -2.51. The van der Waals surface area contributed by atoms with Crippen LogP contribution in [0.3, 0.4) is 0 Å². The third-order valence-electron chi connectivity index (χ3n) is 6.11. The third kappa shape index (κ3) is 3.60. The number of rotatable bonds is 5. The van der Waals surface area contributed by atoms with Crippen LogP contribution in [0.25, 0.3) is 0 Å². The van der Waals surface area contributed by atoms with Crippen molar-refractivity contribution >= 4 is 11.8 Å². The average molecular weight is 344 g/mol. The lowest BCUT2D eigenvalue weighted by molar-refractivity contribution is -0.140. The highest BCUT2D eigenvalue weighted by Gasteiger charge is 2.42. The molecule has 2 amide bonds. The summed E-state index contributed by atoms with van der Waals surface area (Å²) in [5.74, 6) is 4.56. The van der Waals surface area contributed by atoms with Gasteiger partial charge in [-0.05, 0) is 36.8 Å². The minimum atomic E-state index is 0.171. The van der Waals surface area contributed by atoms with Gasteiger partial charge in [0.25, 0.3) is 0 Å². The van der Waals surface area contributed by atoms with Gasteiger partial charge in [-0.3, -0.25) is 9.59 Å². The zero-order valence-electron chi connectivity index (χ0n) is 15.2. The Labute approximate surface area is 149 Å². The van der Waals surface area contributed by atoms with Crippen molar-refractivity contribution in [3.8, 4) is 0 Å². The summed E-state index contributed by atoms with van der Waals surface area (Å²) in [5, 5.41) is 0. The molecular weight excluding hydrogens is 316 g/mol. The molecule has 4 rings (SSSR count). The van der Waals surface area contributed by atoms with Gasteiger partial charge < -0.3 is 14.2 Å². The van der Waals surface area contributed by atoms with Crippen LogP contribution in [0.4, 0.5) is 0 Å². The van der Waals surface area contributed by atoms with Crippen LogP contribution in [-0.2, 0) is 16.0 Å². The van der Waals surface area contributed by atoms with E-state index in [1.54, 1.807) is 0 Å². The Bertz CT molecular complexity index is 660. The summed E-state index contributed by atoms with van der Waals surface area (Å²) in [4.78, 5) is 28.5. The smallest absolute Gasteiger partial charge is 0.226 e. The number of carbonyl (C=O) groups is 2. The van der Waals surface area contributed by atoms with E-state index in [-0.39, 0.29) is 17.7 Å². The van der Waals surface area contributed by atoms with Gasteiger partial charge in [0.05, 0.1) is 0 Å². The fourth-order valence-electron chi connectivity index (χ4n) is 3.91. The van der Waals surface area contributed by atoms with E-state index in [9.17, 15) is 9.59 Å². The van der Waals surface area contributed by atoms with Gasteiger partial charge in [-0.1, -0.05) is 13.8 Å². The van der Waals surface area contributed by atoms with Crippen LogP contribution in [-0.4, -0.2) is 47.8 Å². The first-order valence-electron chi connectivity index (χ1n) is 9.68. The van der Waals surface area contributed by atoms with Crippen molar-refractivity contribution in [1.29, 1.82) is 0 Å². The van der Waals surface area contributed by atoms with E-state index >= 15 is 0 Å². The largest absolute Gasteiger partial charge is 0.466 e. The normalized spacial score (nSPS) is 31.1. The molecular formula is C20H28N2O3. The zero-order chi connectivity index (χ0) is 17.6. The van der Waals surface area contributed by atoms with Gasteiger partial charge in [-0.15, -0.1) is 0 Å². The Morgan fingerprint density at radius 3 is 2.28 bits per heavy atom. The van der Waals surface area contributed by atoms with E-state index in [0.717, 1.165) is 23.9 Å². The van der Waals surface area contributed by atoms with Gasteiger partial charge in [-0.25, -0.2) is 0 Å². The highest BCUT2D eigenvalue weighted by atomic mass is 16.3. The summed E-state index contributed by atoms with van der Waals surface area (Å²) in [5.41, 5.74) is 0. The number of nitrogens with zero attached hydrogens (tertiary/aromatic N) is 2. The quantitative estimate of drug-likeness (QED) is 0.825. The van der Waals surface area contributed by atoms with Crippen LogP contribution >= 0.6 is 0 Å². The minimum absolute atomic E-state index is 0.171. The van der Waals surface area contributed by atoms with Crippen molar-refractivity contribution in [2.24, 2.45) is 17.8 Å². The SMILES string of the molecule is C[C@@H]1C[C@@H]1C(=O)N1CCN(C(=O)CCc2ccc([C@@H]3C[C@H]3C)o2)CC1.